The largest absolute Gasteiger partial charge is 0.396 e. The fourth-order valence-electron chi connectivity index (χ4n) is 1.10. The van der Waals surface area contributed by atoms with Crippen LogP contribution in [-0.2, 0) is 6.42 Å². The van der Waals surface area contributed by atoms with Crippen molar-refractivity contribution in [2.75, 3.05) is 26.4 Å². The van der Waals surface area contributed by atoms with E-state index in [4.69, 9.17) is 5.73 Å². The molecule has 0 saturated heterocycles. The third-order valence-electron chi connectivity index (χ3n) is 1.91. The van der Waals surface area contributed by atoms with Gasteiger partial charge in [0.15, 0.2) is 0 Å². The first-order valence-electron chi connectivity index (χ1n) is 4.28. The quantitative estimate of drug-likeness (QED) is 0.718. The number of nitrogens with two attached hydrogens (primary N) is 1. The van der Waals surface area contributed by atoms with Crippen molar-refractivity contribution in [1.82, 2.24) is 4.90 Å². The molecule has 1 aromatic carbocycles. The second-order valence-electron chi connectivity index (χ2n) is 3.41. The summed E-state index contributed by atoms with van der Waals surface area (Å²) in [4.78, 5) is 2.08. The molecule has 0 saturated carbocycles. The molecule has 72 valence electrons. The van der Waals surface area contributed by atoms with Crippen molar-refractivity contribution in [3.05, 3.63) is 29.6 Å². The zero-order valence-corrected chi connectivity index (χ0v) is 8.05. The number of rotatable bonds is 3. The number of hydrogen-bond donors (Lipinski definition) is 1. The summed E-state index contributed by atoms with van der Waals surface area (Å²) in [6.45, 7) is 0.949. The highest BCUT2D eigenvalue weighted by atomic mass is 19.1. The summed E-state index contributed by atoms with van der Waals surface area (Å²) in [5.74, 6) is -0.339. The Balaban J connectivity index is 2.63. The average Bonchev–Trinajstić information content (AvgIpc) is 2.07. The van der Waals surface area contributed by atoms with Gasteiger partial charge in [-0.3, -0.25) is 0 Å². The number of nitrogens with zero attached hydrogens (tertiary/aromatic N) is 1. The van der Waals surface area contributed by atoms with Gasteiger partial charge < -0.3 is 10.6 Å². The van der Waals surface area contributed by atoms with Crippen LogP contribution in [-0.4, -0.2) is 25.5 Å². The lowest BCUT2D eigenvalue weighted by molar-refractivity contribution is 0.413. The van der Waals surface area contributed by atoms with E-state index in [9.17, 15) is 4.39 Å². The van der Waals surface area contributed by atoms with Gasteiger partial charge in [-0.15, -0.1) is 0 Å². The van der Waals surface area contributed by atoms with Crippen LogP contribution in [0.1, 0.15) is 5.56 Å². The molecule has 0 bridgehead atoms. The number of halogens is 1. The number of nitrogen functional groups attached to an aromatic ring is 1. The summed E-state index contributed by atoms with van der Waals surface area (Å²) in [5, 5.41) is 0. The Hall–Kier alpha value is -1.09. The standard InChI is InChI=1S/C10H15FN2/c1-13(2)6-5-8-3-4-9(11)10(12)7-8/h3-4,7H,5-6,12H2,1-2H3. The van der Waals surface area contributed by atoms with Crippen LogP contribution in [0.2, 0.25) is 0 Å². The molecule has 0 radical (unpaired) electrons. The molecule has 0 aliphatic carbocycles. The Kier molecular flexibility index (Phi) is 3.25. The zero-order valence-electron chi connectivity index (χ0n) is 8.05. The molecule has 0 spiro atoms. The Morgan fingerprint density at radius 1 is 1.38 bits per heavy atom. The van der Waals surface area contributed by atoms with Crippen molar-refractivity contribution >= 4 is 5.69 Å². The predicted octanol–water partition coefficient (Wildman–Crippen LogP) is 1.51. The summed E-state index contributed by atoms with van der Waals surface area (Å²) in [6, 6.07) is 4.88. The first kappa shape index (κ1) is 9.99. The molecular formula is C10H15FN2. The van der Waals surface area contributed by atoms with Gasteiger partial charge in [0.2, 0.25) is 0 Å². The van der Waals surface area contributed by atoms with Crippen molar-refractivity contribution in [3.63, 3.8) is 0 Å². The molecule has 0 aliphatic heterocycles. The van der Waals surface area contributed by atoms with Crippen LogP contribution in [0.4, 0.5) is 10.1 Å². The van der Waals surface area contributed by atoms with Gasteiger partial charge in [-0.1, -0.05) is 6.07 Å². The maximum atomic E-state index is 12.8. The molecule has 0 heterocycles. The van der Waals surface area contributed by atoms with E-state index in [-0.39, 0.29) is 11.5 Å². The first-order valence-corrected chi connectivity index (χ1v) is 4.28. The molecular weight excluding hydrogens is 167 g/mol. The van der Waals surface area contributed by atoms with Crippen molar-refractivity contribution in [1.29, 1.82) is 0 Å². The summed E-state index contributed by atoms with van der Waals surface area (Å²) in [5.41, 5.74) is 6.75. The number of anilines is 1. The van der Waals surface area contributed by atoms with Gasteiger partial charge >= 0.3 is 0 Å². The molecule has 0 fully saturated rings. The summed E-state index contributed by atoms with van der Waals surface area (Å²) < 4.78 is 12.8. The van der Waals surface area contributed by atoms with Crippen LogP contribution in [0.5, 0.6) is 0 Å². The second kappa shape index (κ2) is 4.23. The van der Waals surface area contributed by atoms with Gasteiger partial charge in [0.05, 0.1) is 5.69 Å². The van der Waals surface area contributed by atoms with Crippen molar-refractivity contribution in [3.8, 4) is 0 Å². The van der Waals surface area contributed by atoms with Crippen LogP contribution in [0.25, 0.3) is 0 Å². The van der Waals surface area contributed by atoms with Gasteiger partial charge in [0.25, 0.3) is 0 Å². The molecule has 1 rings (SSSR count). The topological polar surface area (TPSA) is 29.3 Å². The Bertz CT molecular complexity index is 284. The van der Waals surface area contributed by atoms with E-state index < -0.39 is 0 Å². The predicted molar refractivity (Wildman–Crippen MR) is 53.1 cm³/mol. The SMILES string of the molecule is CN(C)CCc1ccc(F)c(N)c1. The van der Waals surface area contributed by atoms with E-state index in [0.717, 1.165) is 18.5 Å². The maximum absolute atomic E-state index is 12.8. The lowest BCUT2D eigenvalue weighted by Crippen LogP contribution is -2.15. The van der Waals surface area contributed by atoms with Gasteiger partial charge in [-0.05, 0) is 38.2 Å². The molecule has 2 N–H and O–H groups in total. The van der Waals surface area contributed by atoms with Gasteiger partial charge in [0.1, 0.15) is 5.82 Å². The van der Waals surface area contributed by atoms with Crippen molar-refractivity contribution in [2.45, 2.75) is 6.42 Å². The number of hydrogen-bond acceptors (Lipinski definition) is 2. The average molecular weight is 182 g/mol. The normalized spacial score (nSPS) is 10.8. The van der Waals surface area contributed by atoms with Crippen LogP contribution in [0.15, 0.2) is 18.2 Å². The van der Waals surface area contributed by atoms with Crippen molar-refractivity contribution in [2.24, 2.45) is 0 Å². The summed E-state index contributed by atoms with van der Waals surface area (Å²) >= 11 is 0. The van der Waals surface area contributed by atoms with E-state index in [2.05, 4.69) is 4.90 Å². The first-order chi connectivity index (χ1) is 6.09. The van der Waals surface area contributed by atoms with E-state index in [0.29, 0.717) is 0 Å². The van der Waals surface area contributed by atoms with Gasteiger partial charge in [-0.2, -0.15) is 0 Å². The lowest BCUT2D eigenvalue weighted by Gasteiger charge is -2.09. The second-order valence-corrected chi connectivity index (χ2v) is 3.41. The molecule has 0 atom stereocenters. The molecule has 0 aromatic heterocycles. The van der Waals surface area contributed by atoms with Crippen LogP contribution < -0.4 is 5.73 Å². The minimum absolute atomic E-state index is 0.233. The smallest absolute Gasteiger partial charge is 0.146 e. The zero-order chi connectivity index (χ0) is 9.84. The van der Waals surface area contributed by atoms with Gasteiger partial charge in [-0.25, -0.2) is 4.39 Å². The number of likely N-dealkylation sites (N-methyl/N-ethyl adjacent to an activating group) is 1. The maximum Gasteiger partial charge on any atom is 0.146 e. The highest BCUT2D eigenvalue weighted by Gasteiger charge is 1.99. The monoisotopic (exact) mass is 182 g/mol. The molecule has 3 heteroatoms. The molecule has 0 unspecified atom stereocenters. The minimum atomic E-state index is -0.339. The van der Waals surface area contributed by atoms with Crippen LogP contribution in [0.3, 0.4) is 0 Å². The lowest BCUT2D eigenvalue weighted by atomic mass is 10.1. The fraction of sp³-hybridized carbons (Fsp3) is 0.400. The molecule has 13 heavy (non-hydrogen) atoms. The molecule has 1 aromatic rings. The number of benzene rings is 1. The summed E-state index contributed by atoms with van der Waals surface area (Å²) in [7, 11) is 4.01. The van der Waals surface area contributed by atoms with Crippen LogP contribution >= 0.6 is 0 Å². The fourth-order valence-corrected chi connectivity index (χ4v) is 1.10. The Morgan fingerprint density at radius 2 is 2.08 bits per heavy atom. The van der Waals surface area contributed by atoms with E-state index in [1.54, 1.807) is 12.1 Å². The minimum Gasteiger partial charge on any atom is -0.396 e. The van der Waals surface area contributed by atoms with Crippen LogP contribution in [0, 0.1) is 5.82 Å². The third-order valence-corrected chi connectivity index (χ3v) is 1.91. The highest BCUT2D eigenvalue weighted by Crippen LogP contribution is 2.12. The Morgan fingerprint density at radius 3 is 2.62 bits per heavy atom. The molecule has 0 aliphatic rings. The Labute approximate surface area is 78.2 Å². The van der Waals surface area contributed by atoms with E-state index in [1.807, 2.05) is 14.1 Å². The summed E-state index contributed by atoms with van der Waals surface area (Å²) in [6.07, 6.45) is 0.900. The van der Waals surface area contributed by atoms with E-state index in [1.165, 1.54) is 6.07 Å². The molecule has 0 amide bonds. The van der Waals surface area contributed by atoms with Crippen molar-refractivity contribution < 1.29 is 4.39 Å². The van der Waals surface area contributed by atoms with Gasteiger partial charge in [0, 0.05) is 6.54 Å². The van der Waals surface area contributed by atoms with E-state index >= 15 is 0 Å². The molecule has 2 nitrogen and oxygen atoms in total. The third kappa shape index (κ3) is 3.03. The highest BCUT2D eigenvalue weighted by molar-refractivity contribution is 5.42.